The van der Waals surface area contributed by atoms with E-state index >= 15 is 0 Å². The summed E-state index contributed by atoms with van der Waals surface area (Å²) in [4.78, 5) is 5.64. The van der Waals surface area contributed by atoms with Gasteiger partial charge in [-0.15, -0.1) is 22.7 Å². The van der Waals surface area contributed by atoms with Crippen LogP contribution in [0, 0.1) is 0 Å². The predicted octanol–water partition coefficient (Wildman–Crippen LogP) is 9.80. The van der Waals surface area contributed by atoms with E-state index in [9.17, 15) is 4.57 Å². The summed E-state index contributed by atoms with van der Waals surface area (Å²) in [6.07, 6.45) is 0. The van der Waals surface area contributed by atoms with E-state index in [1.54, 1.807) is 11.3 Å². The van der Waals surface area contributed by atoms with Crippen molar-refractivity contribution >= 4 is 84.3 Å². The Morgan fingerprint density at radius 3 is 1.97 bits per heavy atom. The molecule has 4 rings (SSSR count). The largest absolute Gasteiger partial charge is 0.306 e. The molecule has 162 valence electrons. The average molecular weight is 582 g/mol. The van der Waals surface area contributed by atoms with E-state index in [1.165, 1.54) is 23.0 Å². The van der Waals surface area contributed by atoms with Gasteiger partial charge in [0, 0.05) is 17.0 Å². The lowest BCUT2D eigenvalue weighted by Crippen LogP contribution is -1.94. The first-order chi connectivity index (χ1) is 15.4. The number of nitrogens with one attached hydrogen (secondary N) is 1. The number of aromatic nitrogens is 1. The molecule has 0 fully saturated rings. The molecule has 1 unspecified atom stereocenters. The normalized spacial score (nSPS) is 14.2. The summed E-state index contributed by atoms with van der Waals surface area (Å²) < 4.78 is 15.1. The minimum atomic E-state index is -3.35. The zero-order valence-corrected chi connectivity index (χ0v) is 22.0. The molecule has 1 N–H and O–H groups in total. The first kappa shape index (κ1) is 23.5. The molecule has 0 amide bonds. The molecule has 3 nitrogen and oxygen atoms in total. The van der Waals surface area contributed by atoms with Gasteiger partial charge in [-0.2, -0.15) is 0 Å². The highest BCUT2D eigenvalue weighted by molar-refractivity contribution is 9.11. The van der Waals surface area contributed by atoms with Crippen LogP contribution in [0.15, 0.2) is 93.6 Å². The SMILES string of the molecule is O=P(C=C(Cl)c1ccccc1)(/C=C(/Cl)c1ccccc1)Nc1nc(-c2ccc(Br)s2)cs1. The van der Waals surface area contributed by atoms with E-state index in [2.05, 4.69) is 26.0 Å². The van der Waals surface area contributed by atoms with E-state index in [1.807, 2.05) is 78.2 Å². The summed E-state index contributed by atoms with van der Waals surface area (Å²) in [5.41, 5.74) is 2.35. The average Bonchev–Trinajstić information content (AvgIpc) is 3.43. The first-order valence-corrected chi connectivity index (χ1v) is 14.5. The fraction of sp³-hybridized carbons (Fsp3) is 0. The highest BCUT2D eigenvalue weighted by Gasteiger charge is 2.21. The van der Waals surface area contributed by atoms with Gasteiger partial charge in [0.2, 0.25) is 7.29 Å². The molecule has 1 atom stereocenters. The molecule has 4 aromatic rings. The Hall–Kier alpha value is -1.66. The Kier molecular flexibility index (Phi) is 7.72. The Morgan fingerprint density at radius 1 is 0.906 bits per heavy atom. The van der Waals surface area contributed by atoms with Gasteiger partial charge in [0.05, 0.1) is 24.4 Å². The maximum atomic E-state index is 14.0. The first-order valence-electron chi connectivity index (χ1n) is 9.38. The number of thiophene rings is 1. The third kappa shape index (κ3) is 6.02. The summed E-state index contributed by atoms with van der Waals surface area (Å²) in [6.45, 7) is 0. The van der Waals surface area contributed by atoms with Gasteiger partial charge in [-0.25, -0.2) is 4.98 Å². The monoisotopic (exact) mass is 580 g/mol. The second-order valence-corrected chi connectivity index (χ2v) is 12.9. The maximum absolute atomic E-state index is 14.0. The number of hydrogen-bond donors (Lipinski definition) is 1. The van der Waals surface area contributed by atoms with Gasteiger partial charge < -0.3 is 5.09 Å². The Labute approximate surface area is 213 Å². The van der Waals surface area contributed by atoms with Gasteiger partial charge in [0.1, 0.15) is 0 Å². The smallest absolute Gasteiger partial charge is 0.217 e. The van der Waals surface area contributed by atoms with Gasteiger partial charge in [0.15, 0.2) is 5.13 Å². The summed E-state index contributed by atoms with van der Waals surface area (Å²) in [5.74, 6) is 3.05. The molecule has 2 aromatic heterocycles. The van der Waals surface area contributed by atoms with Crippen LogP contribution < -0.4 is 5.09 Å². The number of hydrogen-bond acceptors (Lipinski definition) is 4. The van der Waals surface area contributed by atoms with Crippen LogP contribution in [0.1, 0.15) is 11.1 Å². The minimum absolute atomic E-state index is 0.370. The van der Waals surface area contributed by atoms with Gasteiger partial charge in [0.25, 0.3) is 0 Å². The molecule has 0 bridgehead atoms. The van der Waals surface area contributed by atoms with Crippen molar-refractivity contribution in [1.29, 1.82) is 0 Å². The Bertz CT molecular complexity index is 1260. The van der Waals surface area contributed by atoms with E-state index in [-0.39, 0.29) is 0 Å². The van der Waals surface area contributed by atoms with Gasteiger partial charge in [-0.1, -0.05) is 83.9 Å². The number of halogens is 3. The number of benzene rings is 2. The van der Waals surface area contributed by atoms with Crippen LogP contribution in [0.4, 0.5) is 5.13 Å². The van der Waals surface area contributed by atoms with Crippen LogP contribution in [0.3, 0.4) is 0 Å². The van der Waals surface area contributed by atoms with Crippen molar-refractivity contribution < 1.29 is 4.57 Å². The Balaban J connectivity index is 1.71. The number of thiazole rings is 1. The minimum Gasteiger partial charge on any atom is -0.306 e. The molecular weight excluding hydrogens is 566 g/mol. The molecule has 2 aromatic carbocycles. The lowest BCUT2D eigenvalue weighted by molar-refractivity contribution is 0.589. The van der Waals surface area contributed by atoms with Gasteiger partial charge in [-0.3, -0.25) is 4.57 Å². The topological polar surface area (TPSA) is 42.0 Å². The van der Waals surface area contributed by atoms with Crippen molar-refractivity contribution in [1.82, 2.24) is 4.98 Å². The van der Waals surface area contributed by atoms with Gasteiger partial charge in [-0.05, 0) is 39.2 Å². The quantitative estimate of drug-likeness (QED) is 0.221. The van der Waals surface area contributed by atoms with Crippen LogP contribution >= 0.6 is 69.1 Å². The fourth-order valence-electron chi connectivity index (χ4n) is 2.82. The summed E-state index contributed by atoms with van der Waals surface area (Å²) in [6, 6.07) is 22.7. The second kappa shape index (κ2) is 10.5. The second-order valence-electron chi connectivity index (χ2n) is 6.65. The molecule has 0 aliphatic carbocycles. The summed E-state index contributed by atoms with van der Waals surface area (Å²) in [5, 5.41) is 6.28. The standard InChI is InChI=1S/C23H16BrCl2N2OPS2/c24-22-12-11-21(32-22)20-15-31-23(27-20)28-30(29,13-18(25)16-7-3-1-4-8-16)14-19(26)17-9-5-2-6-10-17/h1-15H,(H,27,28,29)/b18-13+,19-14?. The third-order valence-electron chi connectivity index (χ3n) is 4.31. The molecule has 0 spiro atoms. The van der Waals surface area contributed by atoms with Crippen molar-refractivity contribution in [2.24, 2.45) is 0 Å². The van der Waals surface area contributed by atoms with E-state index in [0.717, 1.165) is 25.5 Å². The van der Waals surface area contributed by atoms with Crippen LogP contribution in [0.2, 0.25) is 0 Å². The molecule has 0 radical (unpaired) electrons. The highest BCUT2D eigenvalue weighted by Crippen LogP contribution is 2.54. The van der Waals surface area contributed by atoms with Crippen molar-refractivity contribution in [3.05, 3.63) is 105 Å². The molecule has 0 aliphatic heterocycles. The molecular formula is C23H16BrCl2N2OPS2. The number of anilines is 1. The van der Waals surface area contributed by atoms with E-state index < -0.39 is 7.29 Å². The maximum Gasteiger partial charge on any atom is 0.217 e. The summed E-state index contributed by atoms with van der Waals surface area (Å²) >= 11 is 19.5. The van der Waals surface area contributed by atoms with Gasteiger partial charge >= 0.3 is 0 Å². The molecule has 0 saturated heterocycles. The highest BCUT2D eigenvalue weighted by atomic mass is 79.9. The molecule has 2 heterocycles. The number of rotatable bonds is 7. The number of nitrogens with zero attached hydrogens (tertiary/aromatic N) is 1. The summed E-state index contributed by atoms with van der Waals surface area (Å²) in [7, 11) is -3.35. The van der Waals surface area contributed by atoms with Crippen molar-refractivity contribution in [2.75, 3.05) is 5.09 Å². The van der Waals surface area contributed by atoms with E-state index in [4.69, 9.17) is 23.2 Å². The molecule has 0 saturated carbocycles. The van der Waals surface area contributed by atoms with Crippen molar-refractivity contribution in [3.8, 4) is 10.6 Å². The zero-order chi connectivity index (χ0) is 22.6. The zero-order valence-electron chi connectivity index (χ0n) is 16.4. The van der Waals surface area contributed by atoms with Crippen molar-refractivity contribution in [2.45, 2.75) is 0 Å². The predicted molar refractivity (Wildman–Crippen MR) is 145 cm³/mol. The van der Waals surface area contributed by atoms with Crippen LogP contribution in [-0.4, -0.2) is 4.98 Å². The Morgan fingerprint density at radius 2 is 1.47 bits per heavy atom. The molecule has 9 heteroatoms. The van der Waals surface area contributed by atoms with E-state index in [0.29, 0.717) is 15.2 Å². The van der Waals surface area contributed by atoms with Crippen LogP contribution in [0.5, 0.6) is 0 Å². The fourth-order valence-corrected chi connectivity index (χ4v) is 8.08. The molecule has 0 aliphatic rings. The van der Waals surface area contributed by atoms with Crippen LogP contribution in [0.25, 0.3) is 20.6 Å². The lowest BCUT2D eigenvalue weighted by Gasteiger charge is -2.13. The third-order valence-corrected chi connectivity index (χ3v) is 9.67. The lowest BCUT2D eigenvalue weighted by atomic mass is 10.2. The molecule has 32 heavy (non-hydrogen) atoms. The van der Waals surface area contributed by atoms with Crippen molar-refractivity contribution in [3.63, 3.8) is 0 Å². The van der Waals surface area contributed by atoms with Crippen LogP contribution in [-0.2, 0) is 4.57 Å².